The van der Waals surface area contributed by atoms with Crippen LogP contribution in [0.1, 0.15) is 13.3 Å². The summed E-state index contributed by atoms with van der Waals surface area (Å²) in [6.45, 7) is 3.21. The van der Waals surface area contributed by atoms with Gasteiger partial charge in [0.25, 0.3) is 0 Å². The zero-order valence-corrected chi connectivity index (χ0v) is 12.0. The van der Waals surface area contributed by atoms with Gasteiger partial charge in [0.1, 0.15) is 6.10 Å². The molecule has 4 heteroatoms. The first-order chi connectivity index (χ1) is 10.3. The molecule has 0 N–H and O–H groups in total. The molecule has 1 aromatic carbocycles. The number of allylic oxidation sites excluding steroid dienone is 1. The largest absolute Gasteiger partial charge is 0.472 e. The van der Waals surface area contributed by atoms with Crippen LogP contribution in [0.2, 0.25) is 0 Å². The van der Waals surface area contributed by atoms with Crippen molar-refractivity contribution in [3.05, 3.63) is 48.6 Å². The molecule has 2 aromatic rings. The van der Waals surface area contributed by atoms with Gasteiger partial charge in [-0.2, -0.15) is 0 Å². The zero-order valence-electron chi connectivity index (χ0n) is 12.0. The Kier molecular flexibility index (Phi) is 3.86. The van der Waals surface area contributed by atoms with Gasteiger partial charge in [-0.3, -0.25) is 4.79 Å². The number of benzene rings is 1. The minimum Gasteiger partial charge on any atom is -0.472 e. The highest BCUT2D eigenvalue weighted by molar-refractivity contribution is 5.87. The van der Waals surface area contributed by atoms with Crippen LogP contribution in [0.15, 0.2) is 48.6 Å². The molecule has 1 aromatic heterocycles. The van der Waals surface area contributed by atoms with Gasteiger partial charge in [0, 0.05) is 24.4 Å². The van der Waals surface area contributed by atoms with Crippen molar-refractivity contribution in [3.63, 3.8) is 0 Å². The van der Waals surface area contributed by atoms with Gasteiger partial charge in [0.2, 0.25) is 11.8 Å². The van der Waals surface area contributed by atoms with Crippen molar-refractivity contribution >= 4 is 16.8 Å². The number of pyridine rings is 1. The lowest BCUT2D eigenvalue weighted by Gasteiger charge is -2.15. The fourth-order valence-electron chi connectivity index (χ4n) is 2.56. The maximum Gasteiger partial charge on any atom is 0.246 e. The van der Waals surface area contributed by atoms with Crippen LogP contribution in [-0.4, -0.2) is 35.0 Å². The second-order valence-corrected chi connectivity index (χ2v) is 5.15. The van der Waals surface area contributed by atoms with Crippen molar-refractivity contribution in [2.75, 3.05) is 13.1 Å². The molecule has 1 aliphatic rings. The standard InChI is InChI=1S/C17H18N2O2/c1-2-5-17(20)19-11-10-14(12-19)21-16-9-8-13-6-3-4-7-15(13)18-16/h2-9,14H,10-12H2,1H3/b5-2+. The summed E-state index contributed by atoms with van der Waals surface area (Å²) >= 11 is 0. The molecular weight excluding hydrogens is 264 g/mol. The monoisotopic (exact) mass is 282 g/mol. The van der Waals surface area contributed by atoms with E-state index in [2.05, 4.69) is 4.98 Å². The normalized spacial score (nSPS) is 18.5. The van der Waals surface area contributed by atoms with Crippen LogP contribution in [0.5, 0.6) is 5.88 Å². The van der Waals surface area contributed by atoms with Gasteiger partial charge in [0.15, 0.2) is 0 Å². The molecule has 1 unspecified atom stereocenters. The SMILES string of the molecule is C/C=C/C(=O)N1CCC(Oc2ccc3ccccc3n2)C1. The lowest BCUT2D eigenvalue weighted by atomic mass is 10.2. The van der Waals surface area contributed by atoms with E-state index in [9.17, 15) is 4.79 Å². The van der Waals surface area contributed by atoms with E-state index in [0.717, 1.165) is 23.9 Å². The number of ether oxygens (including phenoxy) is 1. The van der Waals surface area contributed by atoms with Gasteiger partial charge in [-0.05, 0) is 25.1 Å². The summed E-state index contributed by atoms with van der Waals surface area (Å²) in [7, 11) is 0. The number of hydrogen-bond donors (Lipinski definition) is 0. The highest BCUT2D eigenvalue weighted by Gasteiger charge is 2.26. The summed E-state index contributed by atoms with van der Waals surface area (Å²) in [5, 5.41) is 1.10. The van der Waals surface area contributed by atoms with E-state index >= 15 is 0 Å². The quantitative estimate of drug-likeness (QED) is 0.813. The van der Waals surface area contributed by atoms with Crippen LogP contribution in [0.4, 0.5) is 0 Å². The predicted octanol–water partition coefficient (Wildman–Crippen LogP) is 2.79. The summed E-state index contributed by atoms with van der Waals surface area (Å²) < 4.78 is 5.91. The number of hydrogen-bond acceptors (Lipinski definition) is 3. The van der Waals surface area contributed by atoms with Gasteiger partial charge in [0.05, 0.1) is 12.1 Å². The fraction of sp³-hybridized carbons (Fsp3) is 0.294. The number of carbonyl (C=O) groups excluding carboxylic acids is 1. The van der Waals surface area contributed by atoms with Gasteiger partial charge >= 0.3 is 0 Å². The van der Waals surface area contributed by atoms with Gasteiger partial charge < -0.3 is 9.64 Å². The number of aromatic nitrogens is 1. The molecule has 2 heterocycles. The molecule has 0 spiro atoms. The first-order valence-electron chi connectivity index (χ1n) is 7.20. The summed E-state index contributed by atoms with van der Waals surface area (Å²) in [5.41, 5.74) is 0.926. The molecule has 1 aliphatic heterocycles. The number of amides is 1. The topological polar surface area (TPSA) is 42.4 Å². The molecule has 3 rings (SSSR count). The number of fused-ring (bicyclic) bond motifs is 1. The fourth-order valence-corrected chi connectivity index (χ4v) is 2.56. The molecule has 0 radical (unpaired) electrons. The average molecular weight is 282 g/mol. The van der Waals surface area contributed by atoms with Crippen LogP contribution in [0.25, 0.3) is 10.9 Å². The maximum absolute atomic E-state index is 11.8. The Morgan fingerprint density at radius 1 is 1.33 bits per heavy atom. The Labute approximate surface area is 124 Å². The highest BCUT2D eigenvalue weighted by atomic mass is 16.5. The van der Waals surface area contributed by atoms with Crippen LogP contribution >= 0.6 is 0 Å². The van der Waals surface area contributed by atoms with E-state index in [4.69, 9.17) is 4.74 Å². The summed E-state index contributed by atoms with van der Waals surface area (Å²) in [6, 6.07) is 11.9. The summed E-state index contributed by atoms with van der Waals surface area (Å²) in [6.07, 6.45) is 4.23. The lowest BCUT2D eigenvalue weighted by Crippen LogP contribution is -2.29. The molecule has 1 saturated heterocycles. The number of nitrogens with zero attached hydrogens (tertiary/aromatic N) is 2. The van der Waals surface area contributed by atoms with Crippen molar-refractivity contribution in [1.29, 1.82) is 0 Å². The Morgan fingerprint density at radius 2 is 2.19 bits per heavy atom. The maximum atomic E-state index is 11.8. The number of para-hydroxylation sites is 1. The Hall–Kier alpha value is -2.36. The Balaban J connectivity index is 1.67. The molecule has 21 heavy (non-hydrogen) atoms. The number of rotatable bonds is 3. The van der Waals surface area contributed by atoms with Crippen molar-refractivity contribution in [3.8, 4) is 5.88 Å². The second kappa shape index (κ2) is 5.95. The van der Waals surface area contributed by atoms with Crippen LogP contribution < -0.4 is 4.74 Å². The van der Waals surface area contributed by atoms with E-state index in [1.807, 2.05) is 48.2 Å². The number of likely N-dealkylation sites (tertiary alicyclic amines) is 1. The Bertz CT molecular complexity index is 681. The van der Waals surface area contributed by atoms with E-state index in [1.54, 1.807) is 12.2 Å². The smallest absolute Gasteiger partial charge is 0.246 e. The van der Waals surface area contributed by atoms with Crippen LogP contribution in [-0.2, 0) is 4.79 Å². The molecule has 1 fully saturated rings. The third kappa shape index (κ3) is 3.05. The average Bonchev–Trinajstić information content (AvgIpc) is 2.96. The minimum absolute atomic E-state index is 0.0212. The first kappa shape index (κ1) is 13.6. The highest BCUT2D eigenvalue weighted by Crippen LogP contribution is 2.20. The molecule has 4 nitrogen and oxygen atoms in total. The van der Waals surface area contributed by atoms with Crippen molar-refractivity contribution in [2.24, 2.45) is 0 Å². The van der Waals surface area contributed by atoms with Crippen molar-refractivity contribution in [2.45, 2.75) is 19.4 Å². The summed E-state index contributed by atoms with van der Waals surface area (Å²) in [5.74, 6) is 0.675. The molecule has 0 bridgehead atoms. The predicted molar refractivity (Wildman–Crippen MR) is 82.2 cm³/mol. The third-order valence-electron chi connectivity index (χ3n) is 3.63. The van der Waals surface area contributed by atoms with Crippen molar-refractivity contribution in [1.82, 2.24) is 9.88 Å². The van der Waals surface area contributed by atoms with Gasteiger partial charge in [-0.25, -0.2) is 4.98 Å². The second-order valence-electron chi connectivity index (χ2n) is 5.15. The lowest BCUT2D eigenvalue weighted by molar-refractivity contribution is -0.125. The first-order valence-corrected chi connectivity index (χ1v) is 7.20. The van der Waals surface area contributed by atoms with E-state index in [1.165, 1.54) is 0 Å². The van der Waals surface area contributed by atoms with Crippen LogP contribution in [0, 0.1) is 0 Å². The van der Waals surface area contributed by atoms with E-state index in [-0.39, 0.29) is 12.0 Å². The zero-order chi connectivity index (χ0) is 14.7. The molecule has 108 valence electrons. The minimum atomic E-state index is 0.0212. The number of carbonyl (C=O) groups is 1. The van der Waals surface area contributed by atoms with E-state index < -0.39 is 0 Å². The molecule has 1 atom stereocenters. The summed E-state index contributed by atoms with van der Waals surface area (Å²) in [4.78, 5) is 18.1. The molecule has 1 amide bonds. The third-order valence-corrected chi connectivity index (χ3v) is 3.63. The van der Waals surface area contributed by atoms with Crippen molar-refractivity contribution < 1.29 is 9.53 Å². The molecule has 0 saturated carbocycles. The molecule has 0 aliphatic carbocycles. The Morgan fingerprint density at radius 3 is 3.05 bits per heavy atom. The molecular formula is C17H18N2O2. The van der Waals surface area contributed by atoms with Gasteiger partial charge in [-0.15, -0.1) is 0 Å². The van der Waals surface area contributed by atoms with Gasteiger partial charge in [-0.1, -0.05) is 24.3 Å². The van der Waals surface area contributed by atoms with Crippen LogP contribution in [0.3, 0.4) is 0 Å². The van der Waals surface area contributed by atoms with E-state index in [0.29, 0.717) is 12.4 Å².